The van der Waals surface area contributed by atoms with Gasteiger partial charge in [0.1, 0.15) is 12.8 Å². The molecule has 2 rings (SSSR count). The fourth-order valence-electron chi connectivity index (χ4n) is 2.82. The molecular formula is C14H18F2N4O3. The second-order valence-corrected chi connectivity index (χ2v) is 5.57. The van der Waals surface area contributed by atoms with Crippen LogP contribution in [0, 0.1) is 22.6 Å². The molecule has 0 saturated heterocycles. The molecule has 0 spiro atoms. The average Bonchev–Trinajstić information content (AvgIpc) is 2.98. The Bertz CT molecular complexity index is 577. The molecule has 1 fully saturated rings. The zero-order valence-corrected chi connectivity index (χ0v) is 12.5. The van der Waals surface area contributed by atoms with Crippen molar-refractivity contribution in [3.8, 4) is 0 Å². The zero-order valence-electron chi connectivity index (χ0n) is 12.5. The van der Waals surface area contributed by atoms with Crippen molar-refractivity contribution < 1.29 is 18.4 Å². The summed E-state index contributed by atoms with van der Waals surface area (Å²) in [4.78, 5) is 13.2. The highest BCUT2D eigenvalue weighted by Crippen LogP contribution is 2.35. The average molecular weight is 328 g/mol. The molecular weight excluding hydrogens is 310 g/mol. The number of nitrogens with zero attached hydrogens (tertiary/aromatic N) is 4. The Hall–Kier alpha value is -2.08. The monoisotopic (exact) mass is 328 g/mol. The third-order valence-corrected chi connectivity index (χ3v) is 4.03. The minimum absolute atomic E-state index is 0.0966. The number of nitro groups is 1. The Morgan fingerprint density at radius 3 is 2.70 bits per heavy atom. The van der Waals surface area contributed by atoms with E-state index in [1.807, 2.05) is 0 Å². The molecule has 0 N–H and O–H groups in total. The van der Waals surface area contributed by atoms with Crippen molar-refractivity contribution in [2.75, 3.05) is 19.8 Å². The summed E-state index contributed by atoms with van der Waals surface area (Å²) in [6.07, 6.45) is 1.29. The van der Waals surface area contributed by atoms with Gasteiger partial charge >= 0.3 is 5.69 Å². The minimum atomic E-state index is -2.95. The highest BCUT2D eigenvalue weighted by atomic mass is 19.3. The maximum Gasteiger partial charge on any atom is 0.316 e. The first kappa shape index (κ1) is 17.3. The van der Waals surface area contributed by atoms with Crippen LogP contribution in [0.25, 0.3) is 4.85 Å². The molecule has 0 atom stereocenters. The Balaban J connectivity index is 1.91. The first-order valence-electron chi connectivity index (χ1n) is 7.45. The first-order valence-corrected chi connectivity index (χ1v) is 7.45. The van der Waals surface area contributed by atoms with Gasteiger partial charge in [0, 0.05) is 6.61 Å². The largest absolute Gasteiger partial charge is 0.373 e. The van der Waals surface area contributed by atoms with Crippen molar-refractivity contribution in [1.82, 2.24) is 9.78 Å². The lowest BCUT2D eigenvalue weighted by molar-refractivity contribution is -0.386. The molecule has 0 radical (unpaired) electrons. The summed E-state index contributed by atoms with van der Waals surface area (Å²) in [5.74, 6) is 0.372. The summed E-state index contributed by atoms with van der Waals surface area (Å²) in [5, 5.41) is 14.6. The number of ether oxygens (including phenoxy) is 1. The van der Waals surface area contributed by atoms with Crippen molar-refractivity contribution in [3.05, 3.63) is 33.4 Å². The van der Waals surface area contributed by atoms with Gasteiger partial charge in [-0.25, -0.2) is 15.4 Å². The lowest BCUT2D eigenvalue weighted by atomic mass is 9.86. The molecule has 7 nitrogen and oxygen atoms in total. The summed E-state index contributed by atoms with van der Waals surface area (Å²) in [7, 11) is 0. The molecule has 126 valence electrons. The summed E-state index contributed by atoms with van der Waals surface area (Å²) in [6, 6.07) is -0.0966. The highest BCUT2D eigenvalue weighted by molar-refractivity contribution is 5.33. The van der Waals surface area contributed by atoms with E-state index in [1.165, 1.54) is 4.68 Å². The van der Waals surface area contributed by atoms with Crippen LogP contribution in [-0.2, 0) is 4.74 Å². The smallest absolute Gasteiger partial charge is 0.316 e. The van der Waals surface area contributed by atoms with Crippen LogP contribution in [0.15, 0.2) is 6.20 Å². The van der Waals surface area contributed by atoms with Crippen LogP contribution in [0.1, 0.15) is 43.8 Å². The van der Waals surface area contributed by atoms with Gasteiger partial charge in [-0.05, 0) is 31.6 Å². The van der Waals surface area contributed by atoms with Crippen molar-refractivity contribution in [2.24, 2.45) is 5.92 Å². The van der Waals surface area contributed by atoms with Crippen molar-refractivity contribution in [1.29, 1.82) is 0 Å². The second-order valence-electron chi connectivity index (χ2n) is 5.57. The topological polar surface area (TPSA) is 74.5 Å². The van der Waals surface area contributed by atoms with E-state index in [2.05, 4.69) is 9.94 Å². The normalized spacial score (nSPS) is 21.3. The molecule has 0 aromatic carbocycles. The van der Waals surface area contributed by atoms with E-state index in [0.717, 1.165) is 31.9 Å². The van der Waals surface area contributed by atoms with Crippen LogP contribution in [-0.4, -0.2) is 34.5 Å². The number of hydrogen-bond donors (Lipinski definition) is 0. The molecule has 1 saturated carbocycles. The second kappa shape index (κ2) is 7.97. The van der Waals surface area contributed by atoms with Crippen LogP contribution < -0.4 is 0 Å². The van der Waals surface area contributed by atoms with Crippen molar-refractivity contribution in [3.63, 3.8) is 0 Å². The maximum absolute atomic E-state index is 12.8. The fraction of sp³-hybridized carbons (Fsp3) is 0.714. The Morgan fingerprint density at radius 1 is 1.48 bits per heavy atom. The quantitative estimate of drug-likeness (QED) is 0.333. The predicted octanol–water partition coefficient (Wildman–Crippen LogP) is 3.40. The van der Waals surface area contributed by atoms with Gasteiger partial charge in [-0.2, -0.15) is 5.10 Å². The predicted molar refractivity (Wildman–Crippen MR) is 77.1 cm³/mol. The van der Waals surface area contributed by atoms with Gasteiger partial charge in [-0.15, -0.1) is 0 Å². The molecule has 1 aliphatic rings. The third-order valence-electron chi connectivity index (χ3n) is 4.03. The fourth-order valence-corrected chi connectivity index (χ4v) is 2.82. The van der Waals surface area contributed by atoms with Gasteiger partial charge in [-0.1, -0.05) is 0 Å². The van der Waals surface area contributed by atoms with Crippen molar-refractivity contribution in [2.45, 2.75) is 38.2 Å². The number of rotatable bonds is 7. The van der Waals surface area contributed by atoms with Gasteiger partial charge in [0.25, 0.3) is 6.43 Å². The lowest BCUT2D eigenvalue weighted by Crippen LogP contribution is -2.22. The van der Waals surface area contributed by atoms with Crippen LogP contribution >= 0.6 is 0 Å². The highest BCUT2D eigenvalue weighted by Gasteiger charge is 2.30. The van der Waals surface area contributed by atoms with Crippen LogP contribution in [0.4, 0.5) is 14.5 Å². The molecule has 0 unspecified atom stereocenters. The van der Waals surface area contributed by atoms with E-state index in [1.54, 1.807) is 0 Å². The third kappa shape index (κ3) is 4.45. The van der Waals surface area contributed by atoms with Gasteiger partial charge < -0.3 is 9.58 Å². The molecule has 9 heteroatoms. The Kier molecular flexibility index (Phi) is 5.98. The molecule has 0 amide bonds. The molecule has 0 bridgehead atoms. The SMILES string of the molecule is [C-]#[N+]CCOCC1CCC(n2cc([N+](=O)[O-])c(C(F)F)n2)CC1. The molecule has 1 aliphatic carbocycles. The van der Waals surface area contributed by atoms with Gasteiger partial charge in [0.15, 0.2) is 0 Å². The van der Waals surface area contributed by atoms with E-state index >= 15 is 0 Å². The van der Waals surface area contributed by atoms with Crippen LogP contribution in [0.5, 0.6) is 0 Å². The summed E-state index contributed by atoms with van der Waals surface area (Å²) in [6.45, 7) is 8.02. The van der Waals surface area contributed by atoms with Gasteiger partial charge in [-0.3, -0.25) is 14.8 Å². The van der Waals surface area contributed by atoms with E-state index in [9.17, 15) is 18.9 Å². The Morgan fingerprint density at radius 2 is 2.17 bits per heavy atom. The number of hydrogen-bond acceptors (Lipinski definition) is 4. The van der Waals surface area contributed by atoms with E-state index in [0.29, 0.717) is 25.7 Å². The molecule has 0 aliphatic heterocycles. The van der Waals surface area contributed by atoms with Crippen molar-refractivity contribution >= 4 is 5.69 Å². The first-order chi connectivity index (χ1) is 11.0. The van der Waals surface area contributed by atoms with Crippen LogP contribution in [0.3, 0.4) is 0 Å². The zero-order chi connectivity index (χ0) is 16.8. The van der Waals surface area contributed by atoms with Gasteiger partial charge in [0.05, 0.1) is 11.0 Å². The van der Waals surface area contributed by atoms with E-state index in [-0.39, 0.29) is 6.04 Å². The lowest BCUT2D eigenvalue weighted by Gasteiger charge is -2.28. The van der Waals surface area contributed by atoms with E-state index < -0.39 is 22.7 Å². The molecule has 1 aromatic rings. The summed E-state index contributed by atoms with van der Waals surface area (Å²) < 4.78 is 32.4. The standard InChI is InChI=1S/C14H18F2N4O3/c1-17-6-7-23-9-10-2-4-11(5-3-10)19-8-12(20(21)22)13(18-19)14(15)16/h8,10-11,14H,2-7,9H2. The molecule has 23 heavy (non-hydrogen) atoms. The number of halogens is 2. The van der Waals surface area contributed by atoms with Gasteiger partial charge in [0.2, 0.25) is 12.2 Å². The number of alkyl halides is 2. The summed E-state index contributed by atoms with van der Waals surface area (Å²) in [5.41, 5.74) is -1.38. The maximum atomic E-state index is 12.8. The van der Waals surface area contributed by atoms with E-state index in [4.69, 9.17) is 11.3 Å². The molecule has 1 heterocycles. The Labute approximate surface area is 132 Å². The molecule has 1 aromatic heterocycles. The number of aromatic nitrogens is 2. The summed E-state index contributed by atoms with van der Waals surface area (Å²) >= 11 is 0. The van der Waals surface area contributed by atoms with Crippen LogP contribution in [0.2, 0.25) is 0 Å². The minimum Gasteiger partial charge on any atom is -0.373 e.